The van der Waals surface area contributed by atoms with Gasteiger partial charge in [-0.2, -0.15) is 0 Å². The highest BCUT2D eigenvalue weighted by Crippen LogP contribution is 2.28. The summed E-state index contributed by atoms with van der Waals surface area (Å²) in [5, 5.41) is 17.7. The van der Waals surface area contributed by atoms with Crippen LogP contribution >= 0.6 is 0 Å². The van der Waals surface area contributed by atoms with Gasteiger partial charge in [0, 0.05) is 18.7 Å². The first-order valence-corrected chi connectivity index (χ1v) is 6.07. The molecule has 0 radical (unpaired) electrons. The Balaban J connectivity index is 2.15. The maximum absolute atomic E-state index is 11.1. The zero-order valence-corrected chi connectivity index (χ0v) is 11.3. The Kier molecular flexibility index (Phi) is 4.31. The van der Waals surface area contributed by atoms with Crippen LogP contribution in [0.5, 0.6) is 5.75 Å². The zero-order valence-electron chi connectivity index (χ0n) is 11.3. The van der Waals surface area contributed by atoms with Gasteiger partial charge < -0.3 is 14.6 Å². The summed E-state index contributed by atoms with van der Waals surface area (Å²) in [5.41, 5.74) is 1.50. The van der Waals surface area contributed by atoms with Gasteiger partial charge in [-0.1, -0.05) is 11.2 Å². The predicted octanol–water partition coefficient (Wildman–Crippen LogP) is 2.19. The Morgan fingerprint density at radius 3 is 2.85 bits per heavy atom. The van der Waals surface area contributed by atoms with Crippen LogP contribution in [0.3, 0.4) is 0 Å². The number of ether oxygens (including phenoxy) is 1. The second-order valence-corrected chi connectivity index (χ2v) is 4.31. The Morgan fingerprint density at radius 2 is 2.25 bits per heavy atom. The fourth-order valence-electron chi connectivity index (χ4n) is 1.77. The third-order valence-corrected chi connectivity index (χ3v) is 2.65. The van der Waals surface area contributed by atoms with Crippen LogP contribution in [0.1, 0.15) is 17.0 Å². The second kappa shape index (κ2) is 6.16. The molecule has 7 heteroatoms. The number of rotatable bonds is 6. The Morgan fingerprint density at radius 1 is 1.45 bits per heavy atom. The molecule has 1 aromatic carbocycles. The first-order valence-electron chi connectivity index (χ1n) is 6.07. The van der Waals surface area contributed by atoms with Gasteiger partial charge in [0.25, 0.3) is 0 Å². The molecule has 0 bridgehead atoms. The fraction of sp³-hybridized carbons (Fsp3) is 0.308. The fourth-order valence-corrected chi connectivity index (χ4v) is 1.77. The van der Waals surface area contributed by atoms with Crippen LogP contribution < -0.4 is 10.1 Å². The number of nitrogens with one attached hydrogen (secondary N) is 1. The van der Waals surface area contributed by atoms with Crippen molar-refractivity contribution in [3.8, 4) is 5.75 Å². The van der Waals surface area contributed by atoms with E-state index in [2.05, 4.69) is 10.5 Å². The zero-order chi connectivity index (χ0) is 14.5. The minimum Gasteiger partial charge on any atom is -0.479 e. The Hall–Kier alpha value is -2.41. The molecule has 1 N–H and O–H groups in total. The van der Waals surface area contributed by atoms with E-state index in [9.17, 15) is 10.1 Å². The molecule has 0 saturated heterocycles. The van der Waals surface area contributed by atoms with E-state index in [1.807, 2.05) is 0 Å². The molecule has 2 aromatic rings. The third kappa shape index (κ3) is 3.33. The van der Waals surface area contributed by atoms with E-state index in [1.54, 1.807) is 32.2 Å². The molecular formula is C13H15N3O4. The smallest absolute Gasteiger partial charge is 0.311 e. The van der Waals surface area contributed by atoms with Gasteiger partial charge in [0.2, 0.25) is 0 Å². The molecule has 1 aromatic heterocycles. The molecule has 2 rings (SSSR count). The molecule has 0 atom stereocenters. The number of hydrogen-bond acceptors (Lipinski definition) is 6. The van der Waals surface area contributed by atoms with Gasteiger partial charge in [-0.25, -0.2) is 0 Å². The summed E-state index contributed by atoms with van der Waals surface area (Å²) in [6.45, 7) is 2.46. The summed E-state index contributed by atoms with van der Waals surface area (Å²) in [6.07, 6.45) is 0. The largest absolute Gasteiger partial charge is 0.479 e. The number of benzene rings is 1. The average molecular weight is 277 g/mol. The summed E-state index contributed by atoms with van der Waals surface area (Å²) in [5.74, 6) is 0.736. The van der Waals surface area contributed by atoms with Gasteiger partial charge >= 0.3 is 5.69 Å². The molecule has 0 aliphatic rings. The lowest BCUT2D eigenvalue weighted by atomic mass is 10.2. The van der Waals surface area contributed by atoms with E-state index in [4.69, 9.17) is 9.26 Å². The monoisotopic (exact) mass is 277 g/mol. The third-order valence-electron chi connectivity index (χ3n) is 2.65. The lowest BCUT2D eigenvalue weighted by Crippen LogP contribution is -2.06. The maximum Gasteiger partial charge on any atom is 0.311 e. The molecule has 1 heterocycles. The number of nitro groups is 1. The van der Waals surface area contributed by atoms with E-state index < -0.39 is 4.92 Å². The predicted molar refractivity (Wildman–Crippen MR) is 71.4 cm³/mol. The van der Waals surface area contributed by atoms with Crippen LogP contribution in [-0.2, 0) is 13.2 Å². The van der Waals surface area contributed by atoms with E-state index in [0.29, 0.717) is 12.3 Å². The molecule has 0 aliphatic carbocycles. The van der Waals surface area contributed by atoms with Gasteiger partial charge in [-0.3, -0.25) is 10.1 Å². The molecule has 7 nitrogen and oxygen atoms in total. The normalized spacial score (nSPS) is 10.5. The maximum atomic E-state index is 11.1. The van der Waals surface area contributed by atoms with Crippen LogP contribution in [-0.4, -0.2) is 17.1 Å². The summed E-state index contributed by atoms with van der Waals surface area (Å²) in [7, 11) is 1.78. The number of nitrogens with zero attached hydrogens (tertiary/aromatic N) is 2. The molecule has 0 spiro atoms. The second-order valence-electron chi connectivity index (χ2n) is 4.31. The van der Waals surface area contributed by atoms with Gasteiger partial charge in [-0.15, -0.1) is 0 Å². The van der Waals surface area contributed by atoms with Crippen molar-refractivity contribution in [1.82, 2.24) is 10.5 Å². The van der Waals surface area contributed by atoms with E-state index in [-0.39, 0.29) is 18.0 Å². The minimum absolute atomic E-state index is 0.0611. The standard InChI is InChI=1S/C13H15N3O4/c1-9-5-11(20-15-9)8-19-13-4-3-10(7-14-2)6-12(13)16(17)18/h3-6,14H,7-8H2,1-2H3. The lowest BCUT2D eigenvalue weighted by Gasteiger charge is -2.06. The number of hydrogen-bond donors (Lipinski definition) is 1. The highest BCUT2D eigenvalue weighted by atomic mass is 16.6. The Bertz CT molecular complexity index is 609. The van der Waals surface area contributed by atoms with Crippen molar-refractivity contribution in [2.45, 2.75) is 20.1 Å². The van der Waals surface area contributed by atoms with Crippen LogP contribution in [0.25, 0.3) is 0 Å². The topological polar surface area (TPSA) is 90.4 Å². The summed E-state index contributed by atoms with van der Waals surface area (Å²) >= 11 is 0. The summed E-state index contributed by atoms with van der Waals surface area (Å²) in [6, 6.07) is 6.59. The first-order chi connectivity index (χ1) is 9.60. The van der Waals surface area contributed by atoms with Crippen molar-refractivity contribution in [2.75, 3.05) is 7.05 Å². The highest BCUT2D eigenvalue weighted by molar-refractivity contribution is 5.48. The SMILES string of the molecule is CNCc1ccc(OCc2cc(C)no2)c([N+](=O)[O-])c1. The van der Waals surface area contributed by atoms with E-state index in [1.165, 1.54) is 6.07 Å². The molecule has 0 amide bonds. The number of nitro benzene ring substituents is 1. The number of aromatic nitrogens is 1. The van der Waals surface area contributed by atoms with E-state index >= 15 is 0 Å². The van der Waals surface area contributed by atoms with E-state index in [0.717, 1.165) is 11.3 Å². The lowest BCUT2D eigenvalue weighted by molar-refractivity contribution is -0.386. The van der Waals surface area contributed by atoms with Crippen molar-refractivity contribution < 1.29 is 14.2 Å². The Labute approximate surface area is 115 Å². The quantitative estimate of drug-likeness (QED) is 0.643. The van der Waals surface area contributed by atoms with Crippen molar-refractivity contribution in [1.29, 1.82) is 0 Å². The van der Waals surface area contributed by atoms with Crippen molar-refractivity contribution in [3.05, 3.63) is 51.4 Å². The number of aryl methyl sites for hydroxylation is 1. The highest BCUT2D eigenvalue weighted by Gasteiger charge is 2.16. The van der Waals surface area contributed by atoms with Gasteiger partial charge in [0.15, 0.2) is 11.5 Å². The molecule has 106 valence electrons. The molecular weight excluding hydrogens is 262 g/mol. The summed E-state index contributed by atoms with van der Waals surface area (Å²) < 4.78 is 10.4. The first kappa shape index (κ1) is 14.0. The van der Waals surface area contributed by atoms with Crippen molar-refractivity contribution in [2.24, 2.45) is 0 Å². The van der Waals surface area contributed by atoms with Crippen molar-refractivity contribution >= 4 is 5.69 Å². The molecule has 0 unspecified atom stereocenters. The summed E-state index contributed by atoms with van der Waals surface area (Å²) in [4.78, 5) is 10.6. The van der Waals surface area contributed by atoms with Gasteiger partial charge in [-0.05, 0) is 25.6 Å². The van der Waals surface area contributed by atoms with Crippen LogP contribution in [0.15, 0.2) is 28.8 Å². The molecule has 0 aliphatic heterocycles. The van der Waals surface area contributed by atoms with Crippen LogP contribution in [0.2, 0.25) is 0 Å². The van der Waals surface area contributed by atoms with Gasteiger partial charge in [0.1, 0.15) is 6.61 Å². The van der Waals surface area contributed by atoms with Crippen LogP contribution in [0, 0.1) is 17.0 Å². The van der Waals surface area contributed by atoms with Crippen molar-refractivity contribution in [3.63, 3.8) is 0 Å². The van der Waals surface area contributed by atoms with Gasteiger partial charge in [0.05, 0.1) is 10.6 Å². The minimum atomic E-state index is -0.458. The molecule has 0 saturated carbocycles. The molecule has 20 heavy (non-hydrogen) atoms. The average Bonchev–Trinajstić information content (AvgIpc) is 2.83. The molecule has 0 fully saturated rings. The van der Waals surface area contributed by atoms with Crippen LogP contribution in [0.4, 0.5) is 5.69 Å².